The smallest absolute Gasteiger partial charge is 0.279 e. The molecule has 6 nitrogen and oxygen atoms in total. The van der Waals surface area contributed by atoms with Gasteiger partial charge in [-0.3, -0.25) is 9.36 Å². The summed E-state index contributed by atoms with van der Waals surface area (Å²) in [6.45, 7) is 2.43. The van der Waals surface area contributed by atoms with Gasteiger partial charge in [0.25, 0.3) is 5.91 Å². The van der Waals surface area contributed by atoms with Crippen LogP contribution in [0, 0.1) is 0 Å². The molecule has 1 aliphatic rings. The fourth-order valence-electron chi connectivity index (χ4n) is 2.74. The van der Waals surface area contributed by atoms with E-state index in [0.29, 0.717) is 33.0 Å². The van der Waals surface area contributed by atoms with Crippen LogP contribution < -0.4 is 15.4 Å². The van der Waals surface area contributed by atoms with Crippen LogP contribution >= 0.6 is 11.3 Å². The molecule has 4 rings (SSSR count). The average Bonchev–Trinajstić information content (AvgIpc) is 3.11. The molecule has 0 unspecified atom stereocenters. The van der Waals surface area contributed by atoms with Gasteiger partial charge in [0.05, 0.1) is 10.9 Å². The maximum atomic E-state index is 12.4. The summed E-state index contributed by atoms with van der Waals surface area (Å²) in [4.78, 5) is 26.2. The molecule has 0 fully saturated rings. The maximum absolute atomic E-state index is 12.4. The Bertz CT molecular complexity index is 1160. The van der Waals surface area contributed by atoms with E-state index in [1.807, 2.05) is 37.3 Å². The first kappa shape index (κ1) is 15.5. The van der Waals surface area contributed by atoms with Crippen molar-refractivity contribution in [2.45, 2.75) is 13.5 Å². The number of thiazole rings is 1. The Morgan fingerprint density at radius 3 is 2.76 bits per heavy atom. The van der Waals surface area contributed by atoms with E-state index in [-0.39, 0.29) is 11.8 Å². The molecule has 7 heteroatoms. The molecule has 0 aliphatic carbocycles. The molecule has 0 radical (unpaired) electrons. The summed E-state index contributed by atoms with van der Waals surface area (Å²) in [6, 6.07) is 12.8. The zero-order valence-corrected chi connectivity index (χ0v) is 14.2. The lowest BCUT2D eigenvalue weighted by atomic mass is 10.1. The predicted octanol–water partition coefficient (Wildman–Crippen LogP) is 1.26. The number of rotatable bonds is 3. The molecule has 3 aromatic rings. The molecular formula is C18H14N4O2S. The van der Waals surface area contributed by atoms with Crippen molar-refractivity contribution in [3.63, 3.8) is 0 Å². The number of amides is 1. The van der Waals surface area contributed by atoms with Gasteiger partial charge in [0.1, 0.15) is 4.88 Å². The van der Waals surface area contributed by atoms with Crippen LogP contribution in [0.2, 0.25) is 0 Å². The van der Waals surface area contributed by atoms with Gasteiger partial charge < -0.3 is 5.11 Å². The summed E-state index contributed by atoms with van der Waals surface area (Å²) < 4.78 is 1.66. The molecular weight excluding hydrogens is 336 g/mol. The fourth-order valence-corrected chi connectivity index (χ4v) is 3.88. The number of fused-ring (bicyclic) bond motifs is 1. The Balaban J connectivity index is 1.99. The van der Waals surface area contributed by atoms with Gasteiger partial charge in [-0.25, -0.2) is 15.0 Å². The third kappa shape index (κ3) is 2.58. The molecule has 1 aromatic carbocycles. The second kappa shape index (κ2) is 6.10. The van der Waals surface area contributed by atoms with Gasteiger partial charge in [0.15, 0.2) is 10.6 Å². The van der Waals surface area contributed by atoms with Crippen molar-refractivity contribution >= 4 is 28.6 Å². The van der Waals surface area contributed by atoms with Crippen molar-refractivity contribution in [1.82, 2.24) is 9.55 Å². The van der Waals surface area contributed by atoms with E-state index in [1.54, 1.807) is 22.9 Å². The summed E-state index contributed by atoms with van der Waals surface area (Å²) in [6.07, 6.45) is 1.66. The Morgan fingerprint density at radius 2 is 2.00 bits per heavy atom. The topological polar surface area (TPSA) is 79.8 Å². The van der Waals surface area contributed by atoms with Gasteiger partial charge in [-0.15, -0.1) is 0 Å². The molecule has 0 saturated carbocycles. The number of pyridine rings is 1. The van der Waals surface area contributed by atoms with Gasteiger partial charge >= 0.3 is 0 Å². The maximum Gasteiger partial charge on any atom is 0.279 e. The van der Waals surface area contributed by atoms with E-state index >= 15 is 0 Å². The van der Waals surface area contributed by atoms with Crippen LogP contribution in [0.25, 0.3) is 5.57 Å². The van der Waals surface area contributed by atoms with Crippen molar-refractivity contribution in [1.29, 1.82) is 0 Å². The van der Waals surface area contributed by atoms with Gasteiger partial charge in [0.2, 0.25) is 5.88 Å². The number of benzene rings is 1. The molecule has 1 aliphatic heterocycles. The molecule has 0 atom stereocenters. The van der Waals surface area contributed by atoms with Gasteiger partial charge in [-0.05, 0) is 25.1 Å². The number of carbonyl (C=O) groups excluding carboxylic acids is 1. The summed E-state index contributed by atoms with van der Waals surface area (Å²) in [7, 11) is 0. The molecule has 3 heterocycles. The Morgan fingerprint density at radius 1 is 1.20 bits per heavy atom. The largest absolute Gasteiger partial charge is 0.493 e. The lowest BCUT2D eigenvalue weighted by molar-refractivity contribution is -0.112. The Hall–Kier alpha value is -3.06. The highest BCUT2D eigenvalue weighted by molar-refractivity contribution is 7.11. The minimum atomic E-state index is -0.342. The number of aromatic hydroxyl groups is 1. The first-order valence-electron chi connectivity index (χ1n) is 7.80. The molecule has 1 amide bonds. The molecule has 0 spiro atoms. The molecule has 2 aromatic heterocycles. The Kier molecular flexibility index (Phi) is 3.77. The molecule has 124 valence electrons. The van der Waals surface area contributed by atoms with Crippen LogP contribution in [0.1, 0.15) is 11.8 Å². The minimum absolute atomic E-state index is 0.0254. The molecule has 1 N–H and O–H groups in total. The first-order valence-corrected chi connectivity index (χ1v) is 8.62. The van der Waals surface area contributed by atoms with Crippen LogP contribution in [0.5, 0.6) is 5.88 Å². The van der Waals surface area contributed by atoms with Crippen LogP contribution in [0.3, 0.4) is 0 Å². The number of aromatic nitrogens is 2. The number of hydrogen-bond acceptors (Lipinski definition) is 5. The SMILES string of the molecule is CCn1c(O)c(C2=c3ccccc3=NC2=O)s/c1=N/c1ccccn1. The van der Waals surface area contributed by atoms with Crippen LogP contribution in [0.4, 0.5) is 5.82 Å². The van der Waals surface area contributed by atoms with E-state index in [4.69, 9.17) is 0 Å². The van der Waals surface area contributed by atoms with Gasteiger partial charge in [-0.1, -0.05) is 35.6 Å². The lowest BCUT2D eigenvalue weighted by Gasteiger charge is -2.01. The zero-order chi connectivity index (χ0) is 17.4. The second-order valence-corrected chi connectivity index (χ2v) is 6.37. The normalized spacial score (nSPS) is 13.9. The third-order valence-corrected chi connectivity index (χ3v) is 4.98. The predicted molar refractivity (Wildman–Crippen MR) is 93.8 cm³/mol. The highest BCUT2D eigenvalue weighted by Gasteiger charge is 2.25. The summed E-state index contributed by atoms with van der Waals surface area (Å²) in [5.41, 5.74) is 0.419. The van der Waals surface area contributed by atoms with Crippen molar-refractivity contribution in [2.24, 2.45) is 9.98 Å². The second-order valence-electron chi connectivity index (χ2n) is 5.39. The van der Waals surface area contributed by atoms with Crippen molar-refractivity contribution in [2.75, 3.05) is 0 Å². The molecule has 25 heavy (non-hydrogen) atoms. The van der Waals surface area contributed by atoms with Gasteiger partial charge in [0, 0.05) is 18.0 Å². The van der Waals surface area contributed by atoms with E-state index in [2.05, 4.69) is 15.0 Å². The first-order chi connectivity index (χ1) is 12.2. The minimum Gasteiger partial charge on any atom is -0.493 e. The highest BCUT2D eigenvalue weighted by atomic mass is 32.1. The summed E-state index contributed by atoms with van der Waals surface area (Å²) >= 11 is 1.26. The van der Waals surface area contributed by atoms with Crippen molar-refractivity contribution in [3.05, 3.63) is 68.9 Å². The highest BCUT2D eigenvalue weighted by Crippen LogP contribution is 2.28. The van der Waals surface area contributed by atoms with Crippen molar-refractivity contribution < 1.29 is 9.90 Å². The van der Waals surface area contributed by atoms with E-state index in [9.17, 15) is 9.90 Å². The third-order valence-electron chi connectivity index (χ3n) is 3.90. The van der Waals surface area contributed by atoms with Crippen LogP contribution in [-0.4, -0.2) is 20.6 Å². The van der Waals surface area contributed by atoms with Crippen molar-refractivity contribution in [3.8, 4) is 5.88 Å². The van der Waals surface area contributed by atoms with E-state index in [0.717, 1.165) is 5.22 Å². The number of para-hydroxylation sites is 1. The molecule has 0 saturated heterocycles. The van der Waals surface area contributed by atoms with Crippen LogP contribution in [0.15, 0.2) is 58.6 Å². The van der Waals surface area contributed by atoms with E-state index < -0.39 is 0 Å². The van der Waals surface area contributed by atoms with Crippen LogP contribution in [-0.2, 0) is 11.3 Å². The van der Waals surface area contributed by atoms with Gasteiger partial charge in [-0.2, -0.15) is 0 Å². The Labute approximate surface area is 146 Å². The molecule has 0 bridgehead atoms. The summed E-state index contributed by atoms with van der Waals surface area (Å²) in [5, 5.41) is 12.0. The monoisotopic (exact) mass is 350 g/mol. The number of nitrogens with zero attached hydrogens (tertiary/aromatic N) is 4. The summed E-state index contributed by atoms with van der Waals surface area (Å²) in [5.74, 6) is 0.230. The standard InChI is InChI=1S/C18H14N4O2S/c1-2-22-17(24)15(25-18(22)21-13-9-5-6-10-19-13)14-11-7-3-4-8-12(11)20-16(14)23/h3-10,24H,2H2,1H3/b21-18+. The average molecular weight is 350 g/mol. The zero-order valence-electron chi connectivity index (χ0n) is 13.4. The quantitative estimate of drug-likeness (QED) is 0.772. The number of carbonyl (C=O) groups is 1. The lowest BCUT2D eigenvalue weighted by Crippen LogP contribution is -2.22. The number of hydrogen-bond donors (Lipinski definition) is 1. The van der Waals surface area contributed by atoms with E-state index in [1.165, 1.54) is 11.3 Å². The fraction of sp³-hybridized carbons (Fsp3) is 0.111.